The summed E-state index contributed by atoms with van der Waals surface area (Å²) in [5.41, 5.74) is 1.37. The molecule has 0 unspecified atom stereocenters. The molecule has 144 valence electrons. The van der Waals surface area contributed by atoms with Crippen LogP contribution in [0.3, 0.4) is 0 Å². The van der Waals surface area contributed by atoms with E-state index < -0.39 is 0 Å². The van der Waals surface area contributed by atoms with Gasteiger partial charge >= 0.3 is 0 Å². The average Bonchev–Trinajstić information content (AvgIpc) is 3.20. The lowest BCUT2D eigenvalue weighted by Crippen LogP contribution is -2.28. The Kier molecular flexibility index (Phi) is 5.09. The summed E-state index contributed by atoms with van der Waals surface area (Å²) in [5.74, 6) is 1.64. The van der Waals surface area contributed by atoms with E-state index in [9.17, 15) is 9.18 Å². The van der Waals surface area contributed by atoms with E-state index >= 15 is 0 Å². The smallest absolute Gasteiger partial charge is 0.258 e. The number of fused-ring (bicyclic) bond motifs is 1. The number of hydrogen-bond acceptors (Lipinski definition) is 6. The number of aromatic nitrogens is 1. The second-order valence-corrected chi connectivity index (χ2v) is 6.06. The van der Waals surface area contributed by atoms with Crippen molar-refractivity contribution in [2.75, 3.05) is 19.8 Å². The zero-order valence-corrected chi connectivity index (χ0v) is 14.8. The summed E-state index contributed by atoms with van der Waals surface area (Å²) in [5, 5.41) is 6.65. The molecule has 1 aliphatic rings. The van der Waals surface area contributed by atoms with Crippen molar-refractivity contribution in [3.63, 3.8) is 0 Å². The van der Waals surface area contributed by atoms with Gasteiger partial charge in [-0.25, -0.2) is 4.39 Å². The fraction of sp³-hybridized carbons (Fsp3) is 0.200. The molecule has 2 aromatic carbocycles. The van der Waals surface area contributed by atoms with Crippen LogP contribution in [0, 0.1) is 5.82 Å². The summed E-state index contributed by atoms with van der Waals surface area (Å²) >= 11 is 0. The number of carbonyl (C=O) groups is 1. The van der Waals surface area contributed by atoms with E-state index in [0.717, 1.165) is 5.56 Å². The highest BCUT2D eigenvalue weighted by Gasteiger charge is 2.15. The first-order chi connectivity index (χ1) is 13.7. The summed E-state index contributed by atoms with van der Waals surface area (Å²) in [6, 6.07) is 12.7. The number of benzene rings is 2. The summed E-state index contributed by atoms with van der Waals surface area (Å²) in [6.07, 6.45) is 0. The number of rotatable bonds is 6. The lowest BCUT2D eigenvalue weighted by Gasteiger charge is -2.18. The van der Waals surface area contributed by atoms with E-state index in [2.05, 4.69) is 10.5 Å². The number of halogens is 1. The Bertz CT molecular complexity index is 971. The van der Waals surface area contributed by atoms with Crippen LogP contribution in [0.25, 0.3) is 11.3 Å². The second-order valence-electron chi connectivity index (χ2n) is 6.06. The zero-order valence-electron chi connectivity index (χ0n) is 14.8. The molecule has 0 fully saturated rings. The zero-order chi connectivity index (χ0) is 19.3. The molecule has 1 amide bonds. The van der Waals surface area contributed by atoms with E-state index in [1.54, 1.807) is 6.07 Å². The van der Waals surface area contributed by atoms with E-state index in [0.29, 0.717) is 41.9 Å². The van der Waals surface area contributed by atoms with Gasteiger partial charge in [0.15, 0.2) is 23.9 Å². The Morgan fingerprint density at radius 2 is 1.86 bits per heavy atom. The van der Waals surface area contributed by atoms with Gasteiger partial charge in [-0.05, 0) is 42.5 Å². The van der Waals surface area contributed by atoms with Gasteiger partial charge in [0.05, 0.1) is 6.54 Å². The van der Waals surface area contributed by atoms with Crippen molar-refractivity contribution in [1.82, 2.24) is 10.5 Å². The molecule has 0 atom stereocenters. The summed E-state index contributed by atoms with van der Waals surface area (Å²) < 4.78 is 34.5. The molecule has 0 aliphatic carbocycles. The van der Waals surface area contributed by atoms with Crippen molar-refractivity contribution in [1.29, 1.82) is 0 Å². The van der Waals surface area contributed by atoms with Crippen LogP contribution in [0.2, 0.25) is 0 Å². The highest BCUT2D eigenvalue weighted by molar-refractivity contribution is 5.77. The van der Waals surface area contributed by atoms with E-state index in [-0.39, 0.29) is 24.9 Å². The van der Waals surface area contributed by atoms with Gasteiger partial charge in [-0.15, -0.1) is 0 Å². The second kappa shape index (κ2) is 7.99. The Hall–Kier alpha value is -3.55. The van der Waals surface area contributed by atoms with Crippen molar-refractivity contribution in [3.8, 4) is 28.6 Å². The number of carbonyl (C=O) groups excluding carboxylic acids is 1. The number of nitrogens with one attached hydrogen (secondary N) is 1. The molecule has 2 heterocycles. The van der Waals surface area contributed by atoms with Gasteiger partial charge in [-0.2, -0.15) is 0 Å². The summed E-state index contributed by atoms with van der Waals surface area (Å²) in [4.78, 5) is 11.9. The lowest BCUT2D eigenvalue weighted by molar-refractivity contribution is -0.123. The SMILES string of the molecule is O=C(COc1ccc(F)cc1)NCc1cc(-c2ccc3c(c2)OCCO3)on1. The molecule has 3 aromatic rings. The molecule has 0 radical (unpaired) electrons. The van der Waals surface area contributed by atoms with Gasteiger partial charge in [-0.3, -0.25) is 4.79 Å². The molecule has 7 nitrogen and oxygen atoms in total. The maximum Gasteiger partial charge on any atom is 0.258 e. The quantitative estimate of drug-likeness (QED) is 0.704. The highest BCUT2D eigenvalue weighted by Crippen LogP contribution is 2.34. The normalized spacial score (nSPS) is 12.5. The predicted molar refractivity (Wildman–Crippen MR) is 96.7 cm³/mol. The molecule has 1 aromatic heterocycles. The average molecular weight is 384 g/mol. The minimum Gasteiger partial charge on any atom is -0.486 e. The lowest BCUT2D eigenvalue weighted by atomic mass is 10.1. The molecule has 0 saturated heterocycles. The van der Waals surface area contributed by atoms with Crippen molar-refractivity contribution in [3.05, 3.63) is 60.0 Å². The fourth-order valence-corrected chi connectivity index (χ4v) is 2.65. The van der Waals surface area contributed by atoms with Crippen molar-refractivity contribution < 1.29 is 27.9 Å². The molecule has 0 spiro atoms. The van der Waals surface area contributed by atoms with Gasteiger partial charge < -0.3 is 24.1 Å². The summed E-state index contributed by atoms with van der Waals surface area (Å²) in [6.45, 7) is 1.05. The first-order valence-corrected chi connectivity index (χ1v) is 8.68. The maximum absolute atomic E-state index is 12.8. The van der Waals surface area contributed by atoms with Gasteiger partial charge in [0, 0.05) is 11.6 Å². The Labute approximate surface area is 160 Å². The van der Waals surface area contributed by atoms with Crippen molar-refractivity contribution in [2.45, 2.75) is 6.54 Å². The standard InChI is InChI=1S/C20H17FN2O5/c21-14-2-4-16(5-3-14)27-12-20(24)22-11-15-10-18(28-23-15)13-1-6-17-19(9-13)26-8-7-25-17/h1-6,9-10H,7-8,11-12H2,(H,22,24). The van der Waals surface area contributed by atoms with Crippen LogP contribution in [-0.2, 0) is 11.3 Å². The van der Waals surface area contributed by atoms with E-state index in [1.807, 2.05) is 18.2 Å². The molecule has 28 heavy (non-hydrogen) atoms. The Morgan fingerprint density at radius 3 is 2.68 bits per heavy atom. The minimum absolute atomic E-state index is 0.182. The van der Waals surface area contributed by atoms with E-state index in [4.69, 9.17) is 18.7 Å². The number of ether oxygens (including phenoxy) is 3. The van der Waals surface area contributed by atoms with Gasteiger partial charge in [0.25, 0.3) is 5.91 Å². The van der Waals surface area contributed by atoms with E-state index in [1.165, 1.54) is 24.3 Å². The van der Waals surface area contributed by atoms with Gasteiger partial charge in [-0.1, -0.05) is 5.16 Å². The first-order valence-electron chi connectivity index (χ1n) is 8.68. The van der Waals surface area contributed by atoms with Crippen LogP contribution < -0.4 is 19.5 Å². The minimum atomic E-state index is -0.364. The van der Waals surface area contributed by atoms with Crippen LogP contribution in [0.5, 0.6) is 17.2 Å². The molecule has 0 saturated carbocycles. The van der Waals surface area contributed by atoms with Crippen molar-refractivity contribution in [2.24, 2.45) is 0 Å². The topological polar surface area (TPSA) is 82.8 Å². The third-order valence-corrected chi connectivity index (χ3v) is 4.04. The monoisotopic (exact) mass is 384 g/mol. The van der Waals surface area contributed by atoms with Gasteiger partial charge in [0.2, 0.25) is 0 Å². The molecule has 4 rings (SSSR count). The molecular formula is C20H17FN2O5. The molecule has 1 aliphatic heterocycles. The molecule has 1 N–H and O–H groups in total. The Balaban J connectivity index is 1.31. The number of nitrogens with zero attached hydrogens (tertiary/aromatic N) is 1. The van der Waals surface area contributed by atoms with Crippen LogP contribution in [-0.4, -0.2) is 30.9 Å². The summed E-state index contributed by atoms with van der Waals surface area (Å²) in [7, 11) is 0. The largest absolute Gasteiger partial charge is 0.486 e. The van der Waals surface area contributed by atoms with Crippen LogP contribution in [0.1, 0.15) is 5.69 Å². The maximum atomic E-state index is 12.8. The third-order valence-electron chi connectivity index (χ3n) is 4.04. The predicted octanol–water partition coefficient (Wildman–Crippen LogP) is 2.95. The highest BCUT2D eigenvalue weighted by atomic mass is 19.1. The van der Waals surface area contributed by atoms with Gasteiger partial charge in [0.1, 0.15) is 30.5 Å². The number of amides is 1. The molecular weight excluding hydrogens is 367 g/mol. The van der Waals surface area contributed by atoms with Crippen molar-refractivity contribution >= 4 is 5.91 Å². The number of hydrogen-bond donors (Lipinski definition) is 1. The van der Waals surface area contributed by atoms with Crippen LogP contribution in [0.15, 0.2) is 53.1 Å². The first kappa shape index (κ1) is 17.8. The van der Waals surface area contributed by atoms with Crippen LogP contribution >= 0.6 is 0 Å². The van der Waals surface area contributed by atoms with Crippen LogP contribution in [0.4, 0.5) is 4.39 Å². The Morgan fingerprint density at radius 1 is 1.07 bits per heavy atom. The molecule has 0 bridgehead atoms. The fourth-order valence-electron chi connectivity index (χ4n) is 2.65. The molecule has 8 heteroatoms. The third kappa shape index (κ3) is 4.22.